The summed E-state index contributed by atoms with van der Waals surface area (Å²) in [4.78, 5) is 15.5. The average molecular weight is 396 g/mol. The zero-order chi connectivity index (χ0) is 19.5. The number of hydrogen-bond donors (Lipinski definition) is 2. The third-order valence-electron chi connectivity index (χ3n) is 4.25. The van der Waals surface area contributed by atoms with Gasteiger partial charge in [0.05, 0.1) is 10.8 Å². The number of thioether (sulfide) groups is 1. The SMILES string of the molecule is CC(Sc1nnc(-c2c[nH]c3ccccc23)o1)C(=O)NCc1ccc(F)cc1. The molecule has 0 saturated heterocycles. The lowest BCUT2D eigenvalue weighted by molar-refractivity contribution is -0.120. The zero-order valence-electron chi connectivity index (χ0n) is 15.0. The molecule has 1 unspecified atom stereocenters. The van der Waals surface area contributed by atoms with Gasteiger partial charge in [-0.15, -0.1) is 10.2 Å². The summed E-state index contributed by atoms with van der Waals surface area (Å²) in [5, 5.41) is 11.9. The Morgan fingerprint density at radius 2 is 2.00 bits per heavy atom. The van der Waals surface area contributed by atoms with Crippen LogP contribution in [-0.4, -0.2) is 26.3 Å². The number of para-hydroxylation sites is 1. The maximum atomic E-state index is 12.9. The second-order valence-electron chi connectivity index (χ2n) is 6.23. The first-order chi connectivity index (χ1) is 13.6. The molecular weight excluding hydrogens is 379 g/mol. The smallest absolute Gasteiger partial charge is 0.277 e. The Morgan fingerprint density at radius 3 is 2.82 bits per heavy atom. The summed E-state index contributed by atoms with van der Waals surface area (Å²) < 4.78 is 18.7. The van der Waals surface area contributed by atoms with Crippen molar-refractivity contribution in [3.05, 3.63) is 66.1 Å². The first kappa shape index (κ1) is 18.2. The van der Waals surface area contributed by atoms with Crippen LogP contribution in [0.4, 0.5) is 4.39 Å². The molecule has 0 aliphatic carbocycles. The second kappa shape index (κ2) is 7.85. The van der Waals surface area contributed by atoms with Gasteiger partial charge in [-0.2, -0.15) is 0 Å². The Hall–Kier alpha value is -3.13. The molecule has 2 aromatic heterocycles. The molecule has 2 heterocycles. The van der Waals surface area contributed by atoms with Crippen molar-refractivity contribution in [1.29, 1.82) is 0 Å². The highest BCUT2D eigenvalue weighted by atomic mass is 32.2. The number of rotatable bonds is 6. The summed E-state index contributed by atoms with van der Waals surface area (Å²) in [5.74, 6) is -0.0681. The van der Waals surface area contributed by atoms with Gasteiger partial charge in [0.2, 0.25) is 5.91 Å². The van der Waals surface area contributed by atoms with Crippen LogP contribution in [0.5, 0.6) is 0 Å². The Bertz CT molecular complexity index is 1110. The highest BCUT2D eigenvalue weighted by molar-refractivity contribution is 8.00. The van der Waals surface area contributed by atoms with Crippen LogP contribution in [0, 0.1) is 5.82 Å². The van der Waals surface area contributed by atoms with E-state index in [-0.39, 0.29) is 11.7 Å². The number of aromatic nitrogens is 3. The predicted molar refractivity (Wildman–Crippen MR) is 105 cm³/mol. The quantitative estimate of drug-likeness (QED) is 0.478. The molecule has 4 rings (SSSR count). The van der Waals surface area contributed by atoms with Gasteiger partial charge in [-0.1, -0.05) is 42.1 Å². The van der Waals surface area contributed by atoms with E-state index in [4.69, 9.17) is 4.42 Å². The number of benzene rings is 2. The number of fused-ring (bicyclic) bond motifs is 1. The van der Waals surface area contributed by atoms with E-state index in [1.807, 2.05) is 30.5 Å². The number of nitrogens with zero attached hydrogens (tertiary/aromatic N) is 2. The molecule has 8 heteroatoms. The van der Waals surface area contributed by atoms with Crippen molar-refractivity contribution in [2.75, 3.05) is 0 Å². The van der Waals surface area contributed by atoms with Gasteiger partial charge in [0.25, 0.3) is 11.1 Å². The van der Waals surface area contributed by atoms with Crippen LogP contribution < -0.4 is 5.32 Å². The fourth-order valence-corrected chi connectivity index (χ4v) is 3.46. The molecule has 2 N–H and O–H groups in total. The van der Waals surface area contributed by atoms with E-state index in [1.54, 1.807) is 19.1 Å². The number of H-pyrrole nitrogens is 1. The number of carbonyl (C=O) groups excluding carboxylic acids is 1. The van der Waals surface area contributed by atoms with Gasteiger partial charge in [-0.25, -0.2) is 4.39 Å². The van der Waals surface area contributed by atoms with E-state index in [0.717, 1.165) is 22.0 Å². The summed E-state index contributed by atoms with van der Waals surface area (Å²) in [7, 11) is 0. The lowest BCUT2D eigenvalue weighted by Gasteiger charge is -2.09. The van der Waals surface area contributed by atoms with E-state index < -0.39 is 5.25 Å². The molecule has 0 radical (unpaired) electrons. The molecule has 1 atom stereocenters. The molecule has 0 aliphatic heterocycles. The van der Waals surface area contributed by atoms with Gasteiger partial charge >= 0.3 is 0 Å². The second-order valence-corrected chi connectivity index (χ2v) is 7.52. The highest BCUT2D eigenvalue weighted by Gasteiger charge is 2.19. The fourth-order valence-electron chi connectivity index (χ4n) is 2.75. The molecular formula is C20H17FN4O2S. The molecule has 4 aromatic rings. The van der Waals surface area contributed by atoms with Crippen LogP contribution in [0.1, 0.15) is 12.5 Å². The summed E-state index contributed by atoms with van der Waals surface area (Å²) in [6, 6.07) is 13.8. The topological polar surface area (TPSA) is 83.8 Å². The largest absolute Gasteiger partial charge is 0.411 e. The van der Waals surface area contributed by atoms with Gasteiger partial charge in [0, 0.05) is 23.6 Å². The average Bonchev–Trinajstić information content (AvgIpc) is 3.34. The number of halogens is 1. The Balaban J connectivity index is 1.39. The number of amides is 1. The van der Waals surface area contributed by atoms with Gasteiger partial charge < -0.3 is 14.7 Å². The van der Waals surface area contributed by atoms with Crippen LogP contribution in [-0.2, 0) is 11.3 Å². The number of aromatic amines is 1. The summed E-state index contributed by atoms with van der Waals surface area (Å²) in [6.45, 7) is 2.09. The van der Waals surface area contributed by atoms with Crippen molar-refractivity contribution in [2.45, 2.75) is 23.9 Å². The van der Waals surface area contributed by atoms with E-state index in [9.17, 15) is 9.18 Å². The van der Waals surface area contributed by atoms with Crippen molar-refractivity contribution in [3.63, 3.8) is 0 Å². The molecule has 0 bridgehead atoms. The van der Waals surface area contributed by atoms with Crippen molar-refractivity contribution in [3.8, 4) is 11.5 Å². The predicted octanol–water partition coefficient (Wildman–Crippen LogP) is 4.15. The molecule has 0 aliphatic rings. The number of carbonyl (C=O) groups is 1. The van der Waals surface area contributed by atoms with E-state index in [2.05, 4.69) is 20.5 Å². The molecule has 2 aromatic carbocycles. The first-order valence-corrected chi connectivity index (χ1v) is 9.57. The summed E-state index contributed by atoms with van der Waals surface area (Å²) >= 11 is 1.19. The van der Waals surface area contributed by atoms with Crippen molar-refractivity contribution in [1.82, 2.24) is 20.5 Å². The normalized spacial score (nSPS) is 12.2. The van der Waals surface area contributed by atoms with Crippen LogP contribution in [0.3, 0.4) is 0 Å². The minimum atomic E-state index is -0.420. The molecule has 0 fully saturated rings. The van der Waals surface area contributed by atoms with Gasteiger partial charge in [-0.3, -0.25) is 4.79 Å². The van der Waals surface area contributed by atoms with Crippen LogP contribution in [0.15, 0.2) is 64.4 Å². The van der Waals surface area contributed by atoms with Crippen molar-refractivity contribution >= 4 is 28.6 Å². The maximum Gasteiger partial charge on any atom is 0.277 e. The summed E-state index contributed by atoms with van der Waals surface area (Å²) in [5.41, 5.74) is 2.63. The van der Waals surface area contributed by atoms with E-state index in [0.29, 0.717) is 17.7 Å². The van der Waals surface area contributed by atoms with Crippen molar-refractivity contribution in [2.24, 2.45) is 0 Å². The van der Waals surface area contributed by atoms with Crippen molar-refractivity contribution < 1.29 is 13.6 Å². The molecule has 1 amide bonds. The minimum Gasteiger partial charge on any atom is -0.411 e. The zero-order valence-corrected chi connectivity index (χ0v) is 15.8. The fraction of sp³-hybridized carbons (Fsp3) is 0.150. The number of hydrogen-bond acceptors (Lipinski definition) is 5. The van der Waals surface area contributed by atoms with Gasteiger partial charge in [0.1, 0.15) is 5.82 Å². The third-order valence-corrected chi connectivity index (χ3v) is 5.19. The van der Waals surface area contributed by atoms with Crippen LogP contribution in [0.2, 0.25) is 0 Å². The molecule has 28 heavy (non-hydrogen) atoms. The van der Waals surface area contributed by atoms with Gasteiger partial charge in [0.15, 0.2) is 0 Å². The standard InChI is InChI=1S/C20H17FN4O2S/c1-12(18(26)23-10-13-6-8-14(21)9-7-13)28-20-25-24-19(27-20)16-11-22-17-5-3-2-4-15(16)17/h2-9,11-12,22H,10H2,1H3,(H,23,26). The lowest BCUT2D eigenvalue weighted by Crippen LogP contribution is -2.30. The molecule has 0 saturated carbocycles. The maximum absolute atomic E-state index is 12.9. The first-order valence-electron chi connectivity index (χ1n) is 8.69. The molecule has 0 spiro atoms. The Labute approximate surface area is 164 Å². The third kappa shape index (κ3) is 3.91. The van der Waals surface area contributed by atoms with Crippen LogP contribution in [0.25, 0.3) is 22.4 Å². The summed E-state index contributed by atoms with van der Waals surface area (Å²) in [6.07, 6.45) is 1.82. The number of nitrogens with one attached hydrogen (secondary N) is 2. The molecule has 142 valence electrons. The van der Waals surface area contributed by atoms with E-state index >= 15 is 0 Å². The molecule has 6 nitrogen and oxygen atoms in total. The Morgan fingerprint density at radius 1 is 1.21 bits per heavy atom. The van der Waals surface area contributed by atoms with E-state index in [1.165, 1.54) is 23.9 Å². The Kier molecular flexibility index (Phi) is 5.12. The minimum absolute atomic E-state index is 0.166. The van der Waals surface area contributed by atoms with Crippen LogP contribution >= 0.6 is 11.8 Å². The monoisotopic (exact) mass is 396 g/mol. The van der Waals surface area contributed by atoms with Gasteiger partial charge in [-0.05, 0) is 30.7 Å². The highest BCUT2D eigenvalue weighted by Crippen LogP contribution is 2.30. The lowest BCUT2D eigenvalue weighted by atomic mass is 10.2.